The lowest BCUT2D eigenvalue weighted by molar-refractivity contribution is 0.300. The standard InChI is InChI=1S/C8H12O2S/c1-7(4-9)11-6-8-2-3-10-5-8/h2-3,5,7,9H,4,6H2,1H3. The lowest BCUT2D eigenvalue weighted by Gasteiger charge is -2.04. The molecule has 0 radical (unpaired) electrons. The Bertz CT molecular complexity index is 184. The van der Waals surface area contributed by atoms with Crippen molar-refractivity contribution in [2.24, 2.45) is 0 Å². The number of hydrogen-bond acceptors (Lipinski definition) is 3. The van der Waals surface area contributed by atoms with Gasteiger partial charge >= 0.3 is 0 Å². The van der Waals surface area contributed by atoms with Gasteiger partial charge in [0, 0.05) is 16.6 Å². The summed E-state index contributed by atoms with van der Waals surface area (Å²) in [5.41, 5.74) is 1.18. The fourth-order valence-electron chi connectivity index (χ4n) is 0.666. The molecule has 0 saturated carbocycles. The minimum Gasteiger partial charge on any atom is -0.472 e. The van der Waals surface area contributed by atoms with Crippen molar-refractivity contribution >= 4 is 11.8 Å². The lowest BCUT2D eigenvalue weighted by atomic mass is 10.4. The third-order valence-corrected chi connectivity index (χ3v) is 2.59. The Kier molecular flexibility index (Phi) is 3.52. The van der Waals surface area contributed by atoms with E-state index in [4.69, 9.17) is 9.52 Å². The summed E-state index contributed by atoms with van der Waals surface area (Å²) in [7, 11) is 0. The molecule has 0 aliphatic rings. The number of thioether (sulfide) groups is 1. The van der Waals surface area contributed by atoms with Crippen molar-refractivity contribution in [2.45, 2.75) is 17.9 Å². The number of hydrogen-bond donors (Lipinski definition) is 1. The smallest absolute Gasteiger partial charge is 0.0942 e. The largest absolute Gasteiger partial charge is 0.472 e. The monoisotopic (exact) mass is 172 g/mol. The first kappa shape index (κ1) is 8.68. The van der Waals surface area contributed by atoms with Crippen molar-refractivity contribution in [1.29, 1.82) is 0 Å². The second-order valence-corrected chi connectivity index (χ2v) is 3.86. The van der Waals surface area contributed by atoms with E-state index in [1.807, 2.05) is 13.0 Å². The van der Waals surface area contributed by atoms with Gasteiger partial charge in [-0.05, 0) is 6.07 Å². The first-order valence-corrected chi connectivity index (χ1v) is 4.61. The van der Waals surface area contributed by atoms with E-state index in [2.05, 4.69) is 0 Å². The Labute approximate surface area is 70.6 Å². The van der Waals surface area contributed by atoms with Crippen molar-refractivity contribution in [2.75, 3.05) is 6.61 Å². The van der Waals surface area contributed by atoms with Crippen molar-refractivity contribution in [3.05, 3.63) is 24.2 Å². The molecule has 1 atom stereocenters. The first-order valence-electron chi connectivity index (χ1n) is 3.56. The quantitative estimate of drug-likeness (QED) is 0.753. The topological polar surface area (TPSA) is 33.4 Å². The molecule has 62 valence electrons. The van der Waals surface area contributed by atoms with Crippen molar-refractivity contribution in [1.82, 2.24) is 0 Å². The van der Waals surface area contributed by atoms with Crippen LogP contribution < -0.4 is 0 Å². The second-order valence-electron chi connectivity index (χ2n) is 2.44. The van der Waals surface area contributed by atoms with Crippen LogP contribution in [0.1, 0.15) is 12.5 Å². The van der Waals surface area contributed by atoms with Crippen molar-refractivity contribution < 1.29 is 9.52 Å². The van der Waals surface area contributed by atoms with Crippen LogP contribution >= 0.6 is 11.8 Å². The van der Waals surface area contributed by atoms with Crippen molar-refractivity contribution in [3.63, 3.8) is 0 Å². The molecule has 1 unspecified atom stereocenters. The van der Waals surface area contributed by atoms with Gasteiger partial charge in [-0.3, -0.25) is 0 Å². The lowest BCUT2D eigenvalue weighted by Crippen LogP contribution is -2.01. The summed E-state index contributed by atoms with van der Waals surface area (Å²) in [4.78, 5) is 0. The summed E-state index contributed by atoms with van der Waals surface area (Å²) in [6.45, 7) is 2.24. The molecule has 0 saturated heterocycles. The molecule has 11 heavy (non-hydrogen) atoms. The summed E-state index contributed by atoms with van der Waals surface area (Å²) in [6.07, 6.45) is 3.40. The molecule has 1 rings (SSSR count). The molecule has 3 heteroatoms. The highest BCUT2D eigenvalue weighted by Gasteiger charge is 2.00. The van der Waals surface area contributed by atoms with E-state index in [0.29, 0.717) is 5.25 Å². The number of aliphatic hydroxyl groups is 1. The maximum absolute atomic E-state index is 8.72. The van der Waals surface area contributed by atoms with Crippen molar-refractivity contribution in [3.8, 4) is 0 Å². The van der Waals surface area contributed by atoms with Crippen LogP contribution in [0.5, 0.6) is 0 Å². The van der Waals surface area contributed by atoms with E-state index in [9.17, 15) is 0 Å². The highest BCUT2D eigenvalue weighted by atomic mass is 32.2. The number of furan rings is 1. The van der Waals surface area contributed by atoms with Gasteiger partial charge < -0.3 is 9.52 Å². The van der Waals surface area contributed by atoms with Gasteiger partial charge in [-0.2, -0.15) is 11.8 Å². The van der Waals surface area contributed by atoms with Crippen LogP contribution in [-0.2, 0) is 5.75 Å². The fourth-order valence-corrected chi connectivity index (χ4v) is 1.41. The van der Waals surface area contributed by atoms with Crippen LogP contribution in [0, 0.1) is 0 Å². The molecule has 1 aromatic heterocycles. The summed E-state index contributed by atoms with van der Waals surface area (Å²) in [5, 5.41) is 9.03. The zero-order chi connectivity index (χ0) is 8.10. The minimum absolute atomic E-state index is 0.239. The number of rotatable bonds is 4. The highest BCUT2D eigenvalue weighted by molar-refractivity contribution is 7.99. The third-order valence-electron chi connectivity index (χ3n) is 1.37. The number of aliphatic hydroxyl groups excluding tert-OH is 1. The molecular weight excluding hydrogens is 160 g/mol. The Morgan fingerprint density at radius 2 is 2.55 bits per heavy atom. The van der Waals surface area contributed by atoms with E-state index < -0.39 is 0 Å². The molecule has 0 fully saturated rings. The maximum atomic E-state index is 8.72. The van der Waals surface area contributed by atoms with Gasteiger partial charge in [-0.1, -0.05) is 6.92 Å². The van der Waals surface area contributed by atoms with Gasteiger partial charge in [0.1, 0.15) is 0 Å². The van der Waals surface area contributed by atoms with Crippen LogP contribution in [0.3, 0.4) is 0 Å². The van der Waals surface area contributed by atoms with E-state index in [1.165, 1.54) is 5.56 Å². The molecule has 0 aromatic carbocycles. The van der Waals surface area contributed by atoms with E-state index in [-0.39, 0.29) is 6.61 Å². The Morgan fingerprint density at radius 3 is 3.09 bits per heavy atom. The van der Waals surface area contributed by atoms with E-state index in [1.54, 1.807) is 24.3 Å². The molecule has 0 spiro atoms. The molecule has 1 N–H and O–H groups in total. The van der Waals surface area contributed by atoms with E-state index >= 15 is 0 Å². The fraction of sp³-hybridized carbons (Fsp3) is 0.500. The highest BCUT2D eigenvalue weighted by Crippen LogP contribution is 2.16. The van der Waals surface area contributed by atoms with Gasteiger partial charge in [0.15, 0.2) is 0 Å². The summed E-state index contributed by atoms with van der Waals surface area (Å²) >= 11 is 1.72. The zero-order valence-electron chi connectivity index (χ0n) is 6.49. The molecule has 0 amide bonds. The SMILES string of the molecule is CC(CO)SCc1ccoc1. The van der Waals surface area contributed by atoms with Gasteiger partial charge in [0.2, 0.25) is 0 Å². The van der Waals surface area contributed by atoms with Crippen LogP contribution in [-0.4, -0.2) is 17.0 Å². The molecule has 0 aliphatic heterocycles. The van der Waals surface area contributed by atoms with Crippen LogP contribution in [0.15, 0.2) is 23.0 Å². The first-order chi connectivity index (χ1) is 5.33. The summed E-state index contributed by atoms with van der Waals surface area (Å²) in [5.74, 6) is 0.915. The maximum Gasteiger partial charge on any atom is 0.0942 e. The Hall–Kier alpha value is -0.410. The molecule has 0 aliphatic carbocycles. The second kappa shape index (κ2) is 4.46. The Balaban J connectivity index is 2.23. The van der Waals surface area contributed by atoms with E-state index in [0.717, 1.165) is 5.75 Å². The zero-order valence-corrected chi connectivity index (χ0v) is 7.30. The molecule has 1 aromatic rings. The van der Waals surface area contributed by atoms with Crippen LogP contribution in [0.25, 0.3) is 0 Å². The average molecular weight is 172 g/mol. The summed E-state index contributed by atoms with van der Waals surface area (Å²) < 4.78 is 4.90. The third kappa shape index (κ3) is 2.99. The summed E-state index contributed by atoms with van der Waals surface area (Å²) in [6, 6.07) is 1.94. The Morgan fingerprint density at radius 1 is 1.73 bits per heavy atom. The van der Waals surface area contributed by atoms with Crippen LogP contribution in [0.2, 0.25) is 0 Å². The normalized spacial score (nSPS) is 13.3. The van der Waals surface area contributed by atoms with Gasteiger partial charge in [-0.25, -0.2) is 0 Å². The molecule has 2 nitrogen and oxygen atoms in total. The van der Waals surface area contributed by atoms with Gasteiger partial charge in [0.05, 0.1) is 19.1 Å². The van der Waals surface area contributed by atoms with Crippen LogP contribution in [0.4, 0.5) is 0 Å². The van der Waals surface area contributed by atoms with Gasteiger partial charge in [-0.15, -0.1) is 0 Å². The molecule has 0 bridgehead atoms. The van der Waals surface area contributed by atoms with Gasteiger partial charge in [0.25, 0.3) is 0 Å². The minimum atomic E-state index is 0.239. The molecule has 1 heterocycles. The predicted molar refractivity (Wildman–Crippen MR) is 46.6 cm³/mol. The predicted octanol–water partition coefficient (Wildman–Crippen LogP) is 1.89. The average Bonchev–Trinajstić information content (AvgIpc) is 2.52. The molecular formula is C8H12O2S.